The summed E-state index contributed by atoms with van der Waals surface area (Å²) < 4.78 is 37.7. The first kappa shape index (κ1) is 15.0. The lowest BCUT2D eigenvalue weighted by molar-refractivity contribution is 0.413. The molecule has 1 aromatic rings. The lowest BCUT2D eigenvalue weighted by Crippen LogP contribution is -2.32. The van der Waals surface area contributed by atoms with Crippen molar-refractivity contribution in [3.8, 4) is 0 Å². The van der Waals surface area contributed by atoms with Crippen LogP contribution in [0.5, 0.6) is 0 Å². The minimum Gasteiger partial charge on any atom is -0.310 e. The van der Waals surface area contributed by atoms with Crippen LogP contribution in [0.4, 0.5) is 4.39 Å². The van der Waals surface area contributed by atoms with Crippen LogP contribution in [0, 0.1) is 17.7 Å². The Hall–Kier alpha value is -0.940. The number of hydrogen-bond donors (Lipinski definition) is 1. The molecular formula is C16H22FNO2S. The van der Waals surface area contributed by atoms with Gasteiger partial charge in [-0.25, -0.2) is 12.8 Å². The highest BCUT2D eigenvalue weighted by Gasteiger charge is 2.31. The monoisotopic (exact) mass is 311 g/mol. The standard InChI is InChI=1S/C16H22FNO2S/c1-11-2-3-12(8-11)10-18-15-6-7-21(19,20)16-5-4-13(17)9-14(15)16/h4-5,9,11-12,15,18H,2-3,6-8,10H2,1H3. The zero-order valence-corrected chi connectivity index (χ0v) is 13.1. The number of hydrogen-bond acceptors (Lipinski definition) is 3. The molecular weight excluding hydrogens is 289 g/mol. The van der Waals surface area contributed by atoms with Gasteiger partial charge in [0.05, 0.1) is 10.6 Å². The van der Waals surface area contributed by atoms with Crippen LogP contribution in [0.15, 0.2) is 23.1 Å². The Labute approximate surface area is 125 Å². The summed E-state index contributed by atoms with van der Waals surface area (Å²) in [5.41, 5.74) is 0.604. The second-order valence-electron chi connectivity index (χ2n) is 6.53. The zero-order chi connectivity index (χ0) is 15.0. The largest absolute Gasteiger partial charge is 0.310 e. The molecule has 1 aliphatic heterocycles. The molecule has 1 heterocycles. The van der Waals surface area contributed by atoms with E-state index in [-0.39, 0.29) is 17.6 Å². The van der Waals surface area contributed by atoms with Crippen LogP contribution in [-0.4, -0.2) is 20.7 Å². The molecule has 2 aliphatic rings. The number of fused-ring (bicyclic) bond motifs is 1. The number of nitrogens with one attached hydrogen (secondary N) is 1. The average molecular weight is 311 g/mol. The number of benzene rings is 1. The minimum atomic E-state index is -3.24. The Morgan fingerprint density at radius 1 is 1.29 bits per heavy atom. The molecule has 0 spiro atoms. The molecule has 1 saturated carbocycles. The van der Waals surface area contributed by atoms with Crippen molar-refractivity contribution in [2.24, 2.45) is 11.8 Å². The van der Waals surface area contributed by atoms with Crippen LogP contribution in [0.2, 0.25) is 0 Å². The first-order valence-corrected chi connectivity index (χ1v) is 9.36. The highest BCUT2D eigenvalue weighted by molar-refractivity contribution is 7.91. The molecule has 1 N–H and O–H groups in total. The summed E-state index contributed by atoms with van der Waals surface area (Å²) in [6, 6.07) is 3.97. The van der Waals surface area contributed by atoms with Gasteiger partial charge in [0.2, 0.25) is 0 Å². The van der Waals surface area contributed by atoms with Crippen molar-refractivity contribution < 1.29 is 12.8 Å². The van der Waals surface area contributed by atoms with Crippen LogP contribution in [0.1, 0.15) is 44.2 Å². The van der Waals surface area contributed by atoms with E-state index < -0.39 is 9.84 Å². The predicted molar refractivity (Wildman–Crippen MR) is 80.3 cm³/mol. The quantitative estimate of drug-likeness (QED) is 0.873. The summed E-state index contributed by atoms with van der Waals surface area (Å²) in [7, 11) is -3.24. The fraction of sp³-hybridized carbons (Fsp3) is 0.625. The molecule has 21 heavy (non-hydrogen) atoms. The summed E-state index contributed by atoms with van der Waals surface area (Å²) in [6.07, 6.45) is 4.26. The van der Waals surface area contributed by atoms with Crippen molar-refractivity contribution in [2.45, 2.75) is 43.5 Å². The molecule has 1 aliphatic carbocycles. The first-order chi connectivity index (χ1) is 9.95. The molecule has 1 fully saturated rings. The summed E-state index contributed by atoms with van der Waals surface area (Å²) in [5, 5.41) is 3.47. The Morgan fingerprint density at radius 3 is 2.81 bits per heavy atom. The summed E-state index contributed by atoms with van der Waals surface area (Å²) >= 11 is 0. The van der Waals surface area contributed by atoms with Gasteiger partial charge in [0.25, 0.3) is 0 Å². The third kappa shape index (κ3) is 3.14. The topological polar surface area (TPSA) is 46.2 Å². The van der Waals surface area contributed by atoms with Gasteiger partial charge in [-0.1, -0.05) is 13.3 Å². The highest BCUT2D eigenvalue weighted by atomic mass is 32.2. The van der Waals surface area contributed by atoms with Crippen molar-refractivity contribution in [2.75, 3.05) is 12.3 Å². The van der Waals surface area contributed by atoms with Crippen LogP contribution < -0.4 is 5.32 Å². The van der Waals surface area contributed by atoms with Gasteiger partial charge >= 0.3 is 0 Å². The molecule has 0 amide bonds. The van der Waals surface area contributed by atoms with Crippen molar-refractivity contribution in [3.05, 3.63) is 29.6 Å². The average Bonchev–Trinajstić information content (AvgIpc) is 2.83. The third-order valence-corrected chi connectivity index (χ3v) is 6.63. The second kappa shape index (κ2) is 5.69. The van der Waals surface area contributed by atoms with Gasteiger partial charge in [0.1, 0.15) is 5.82 Å². The fourth-order valence-electron chi connectivity index (χ4n) is 3.64. The highest BCUT2D eigenvalue weighted by Crippen LogP contribution is 2.34. The minimum absolute atomic E-state index is 0.0462. The fourth-order valence-corrected chi connectivity index (χ4v) is 5.25. The van der Waals surface area contributed by atoms with Gasteiger partial charge in [0, 0.05) is 6.04 Å². The van der Waals surface area contributed by atoms with Crippen LogP contribution >= 0.6 is 0 Å². The molecule has 3 nitrogen and oxygen atoms in total. The summed E-state index contributed by atoms with van der Waals surface area (Å²) in [6.45, 7) is 3.17. The Bertz CT molecular complexity index is 629. The maximum atomic E-state index is 13.5. The number of halogens is 1. The van der Waals surface area contributed by atoms with Crippen LogP contribution in [0.25, 0.3) is 0 Å². The van der Waals surface area contributed by atoms with E-state index in [2.05, 4.69) is 12.2 Å². The van der Waals surface area contributed by atoms with E-state index in [0.717, 1.165) is 12.5 Å². The molecule has 0 aromatic heterocycles. The lowest BCUT2D eigenvalue weighted by atomic mass is 10.0. The lowest BCUT2D eigenvalue weighted by Gasteiger charge is -2.27. The molecule has 3 atom stereocenters. The van der Waals surface area contributed by atoms with E-state index in [1.54, 1.807) is 0 Å². The van der Waals surface area contributed by atoms with Crippen molar-refractivity contribution in [1.29, 1.82) is 0 Å². The van der Waals surface area contributed by atoms with Gasteiger partial charge in [-0.05, 0) is 61.4 Å². The zero-order valence-electron chi connectivity index (χ0n) is 12.3. The smallest absolute Gasteiger partial charge is 0.178 e. The van der Waals surface area contributed by atoms with E-state index in [1.165, 1.54) is 37.5 Å². The molecule has 3 rings (SSSR count). The van der Waals surface area contributed by atoms with Crippen LogP contribution in [0.3, 0.4) is 0 Å². The van der Waals surface area contributed by atoms with Gasteiger partial charge in [-0.15, -0.1) is 0 Å². The first-order valence-electron chi connectivity index (χ1n) is 7.71. The molecule has 0 saturated heterocycles. The molecule has 0 bridgehead atoms. The SMILES string of the molecule is CC1CCC(CNC2CCS(=O)(=O)c3ccc(F)cc32)C1. The summed E-state index contributed by atoms with van der Waals surface area (Å²) in [5.74, 6) is 1.22. The van der Waals surface area contributed by atoms with Gasteiger partial charge in [-0.3, -0.25) is 0 Å². The molecule has 116 valence electrons. The normalized spacial score (nSPS) is 31.0. The van der Waals surface area contributed by atoms with E-state index in [1.807, 2.05) is 0 Å². The van der Waals surface area contributed by atoms with Crippen molar-refractivity contribution >= 4 is 9.84 Å². The number of sulfone groups is 1. The van der Waals surface area contributed by atoms with E-state index in [4.69, 9.17) is 0 Å². The molecule has 5 heteroatoms. The predicted octanol–water partition coefficient (Wildman–Crippen LogP) is 3.07. The second-order valence-corrected chi connectivity index (χ2v) is 8.61. The summed E-state index contributed by atoms with van der Waals surface area (Å²) in [4.78, 5) is 0.299. The maximum absolute atomic E-state index is 13.5. The molecule has 1 aromatic carbocycles. The van der Waals surface area contributed by atoms with Crippen molar-refractivity contribution in [1.82, 2.24) is 5.32 Å². The maximum Gasteiger partial charge on any atom is 0.178 e. The Kier molecular flexibility index (Phi) is 4.06. The molecule has 0 radical (unpaired) electrons. The van der Waals surface area contributed by atoms with E-state index >= 15 is 0 Å². The van der Waals surface area contributed by atoms with Crippen molar-refractivity contribution in [3.63, 3.8) is 0 Å². The number of rotatable bonds is 3. The third-order valence-electron chi connectivity index (χ3n) is 4.81. The van der Waals surface area contributed by atoms with Gasteiger partial charge in [0.15, 0.2) is 9.84 Å². The van der Waals surface area contributed by atoms with Gasteiger partial charge < -0.3 is 5.32 Å². The molecule has 3 unspecified atom stereocenters. The van der Waals surface area contributed by atoms with Crippen LogP contribution in [-0.2, 0) is 9.84 Å². The Balaban J connectivity index is 1.77. The Morgan fingerprint density at radius 2 is 2.10 bits per heavy atom. The van der Waals surface area contributed by atoms with E-state index in [9.17, 15) is 12.8 Å². The van der Waals surface area contributed by atoms with Gasteiger partial charge in [-0.2, -0.15) is 0 Å². The van der Waals surface area contributed by atoms with E-state index in [0.29, 0.717) is 22.8 Å².